The molecule has 4 atom stereocenters. The van der Waals surface area contributed by atoms with Gasteiger partial charge in [0.05, 0.1) is 0 Å². The van der Waals surface area contributed by atoms with Crippen LogP contribution in [0.2, 0.25) is 0 Å². The lowest BCUT2D eigenvalue weighted by atomic mass is 9.67. The summed E-state index contributed by atoms with van der Waals surface area (Å²) >= 11 is 0. The Morgan fingerprint density at radius 1 is 0.850 bits per heavy atom. The fourth-order valence-electron chi connectivity index (χ4n) is 4.06. The number of fused-ring (bicyclic) bond motifs is 1. The number of hydrogen-bond donors (Lipinski definition) is 1. The van der Waals surface area contributed by atoms with Crippen LogP contribution in [0.1, 0.15) is 39.0 Å². The van der Waals surface area contributed by atoms with Gasteiger partial charge < -0.3 is 5.11 Å². The predicted octanol–water partition coefficient (Wildman–Crippen LogP) is 4.30. The van der Waals surface area contributed by atoms with Crippen LogP contribution in [0.5, 0.6) is 0 Å². The van der Waals surface area contributed by atoms with Gasteiger partial charge in [0.25, 0.3) is 5.60 Å². The Bertz CT molecular complexity index is 347. The molecule has 118 valence electrons. The molecule has 0 aromatic carbocycles. The fraction of sp³-hybridized carbons (Fsp3) is 1.00. The molecular formula is C13H18F6O. The van der Waals surface area contributed by atoms with E-state index in [0.717, 1.165) is 6.42 Å². The van der Waals surface area contributed by atoms with Gasteiger partial charge in [0.2, 0.25) is 0 Å². The highest BCUT2D eigenvalue weighted by atomic mass is 19.4. The topological polar surface area (TPSA) is 20.2 Å². The summed E-state index contributed by atoms with van der Waals surface area (Å²) in [5.74, 6) is -1.35. The molecule has 0 amide bonds. The number of alkyl halides is 6. The zero-order valence-corrected chi connectivity index (χ0v) is 11.1. The van der Waals surface area contributed by atoms with Crippen LogP contribution in [0, 0.1) is 23.7 Å². The monoisotopic (exact) mass is 304 g/mol. The lowest BCUT2D eigenvalue weighted by Crippen LogP contribution is -2.62. The van der Waals surface area contributed by atoms with Crippen molar-refractivity contribution in [2.45, 2.75) is 57.0 Å². The largest absolute Gasteiger partial charge is 0.426 e. The molecule has 0 heterocycles. The lowest BCUT2D eigenvalue weighted by molar-refractivity contribution is -0.388. The Labute approximate surface area is 113 Å². The second-order valence-electron chi connectivity index (χ2n) is 6.25. The van der Waals surface area contributed by atoms with Gasteiger partial charge in [-0.25, -0.2) is 0 Å². The van der Waals surface area contributed by atoms with Crippen molar-refractivity contribution >= 4 is 0 Å². The quantitative estimate of drug-likeness (QED) is 0.716. The van der Waals surface area contributed by atoms with E-state index in [2.05, 4.69) is 0 Å². The molecule has 20 heavy (non-hydrogen) atoms. The van der Waals surface area contributed by atoms with Crippen LogP contribution in [0.25, 0.3) is 0 Å². The molecule has 2 aliphatic rings. The molecule has 1 N–H and O–H groups in total. The summed E-state index contributed by atoms with van der Waals surface area (Å²) in [5.41, 5.74) is -4.57. The minimum Gasteiger partial charge on any atom is -0.373 e. The summed E-state index contributed by atoms with van der Waals surface area (Å²) in [5, 5.41) is 9.44. The summed E-state index contributed by atoms with van der Waals surface area (Å²) in [6.07, 6.45) is -9.94. The molecule has 0 aliphatic heterocycles. The Kier molecular flexibility index (Phi) is 3.81. The van der Waals surface area contributed by atoms with E-state index in [1.165, 1.54) is 0 Å². The van der Waals surface area contributed by atoms with E-state index in [-0.39, 0.29) is 24.7 Å². The molecule has 2 fully saturated rings. The Hall–Kier alpha value is -0.460. The Balaban J connectivity index is 2.25. The Morgan fingerprint density at radius 2 is 1.40 bits per heavy atom. The molecule has 7 heteroatoms. The highest BCUT2D eigenvalue weighted by molar-refractivity contribution is 5.03. The van der Waals surface area contributed by atoms with Crippen molar-refractivity contribution in [2.24, 2.45) is 23.7 Å². The molecular weight excluding hydrogens is 286 g/mol. The summed E-state index contributed by atoms with van der Waals surface area (Å²) in [6.45, 7) is 1.99. The van der Waals surface area contributed by atoms with Crippen molar-refractivity contribution in [2.75, 3.05) is 0 Å². The molecule has 0 radical (unpaired) electrons. The summed E-state index contributed by atoms with van der Waals surface area (Å²) in [6, 6.07) is 0. The van der Waals surface area contributed by atoms with Crippen molar-refractivity contribution in [3.05, 3.63) is 0 Å². The molecule has 0 aromatic heterocycles. The van der Waals surface area contributed by atoms with Crippen LogP contribution in [0.15, 0.2) is 0 Å². The molecule has 0 aromatic rings. The average molecular weight is 304 g/mol. The first-order valence-electron chi connectivity index (χ1n) is 6.84. The average Bonchev–Trinajstić information content (AvgIpc) is 2.66. The van der Waals surface area contributed by atoms with Gasteiger partial charge in [-0.2, -0.15) is 26.3 Å². The molecule has 2 saturated carbocycles. The van der Waals surface area contributed by atoms with Gasteiger partial charge in [0.15, 0.2) is 0 Å². The maximum Gasteiger partial charge on any atom is 0.426 e. The minimum atomic E-state index is -5.69. The molecule has 0 bridgehead atoms. The number of hydrogen-bond acceptors (Lipinski definition) is 1. The van der Waals surface area contributed by atoms with Gasteiger partial charge in [-0.1, -0.05) is 13.3 Å². The molecule has 4 unspecified atom stereocenters. The van der Waals surface area contributed by atoms with E-state index in [4.69, 9.17) is 0 Å². The minimum absolute atomic E-state index is 0.125. The van der Waals surface area contributed by atoms with Crippen LogP contribution in [-0.2, 0) is 0 Å². The summed E-state index contributed by atoms with van der Waals surface area (Å²) < 4.78 is 77.0. The summed E-state index contributed by atoms with van der Waals surface area (Å²) in [7, 11) is 0. The van der Waals surface area contributed by atoms with E-state index in [0.29, 0.717) is 18.8 Å². The second-order valence-corrected chi connectivity index (χ2v) is 6.25. The first-order valence-corrected chi connectivity index (χ1v) is 6.84. The normalized spacial score (nSPS) is 36.0. The van der Waals surface area contributed by atoms with Gasteiger partial charge in [-0.15, -0.1) is 0 Å². The molecule has 2 rings (SSSR count). The van der Waals surface area contributed by atoms with E-state index < -0.39 is 23.9 Å². The molecule has 0 saturated heterocycles. The van der Waals surface area contributed by atoms with Crippen molar-refractivity contribution in [3.8, 4) is 0 Å². The van der Waals surface area contributed by atoms with Crippen molar-refractivity contribution < 1.29 is 31.4 Å². The third kappa shape index (κ3) is 2.31. The van der Waals surface area contributed by atoms with Gasteiger partial charge in [-0.05, 0) is 43.4 Å². The van der Waals surface area contributed by atoms with Crippen LogP contribution in [-0.4, -0.2) is 23.1 Å². The van der Waals surface area contributed by atoms with E-state index >= 15 is 0 Å². The molecule has 2 aliphatic carbocycles. The second kappa shape index (κ2) is 4.78. The number of halogens is 6. The fourth-order valence-corrected chi connectivity index (χ4v) is 4.06. The van der Waals surface area contributed by atoms with E-state index in [1.807, 2.05) is 6.92 Å². The maximum atomic E-state index is 12.8. The number of rotatable bonds is 1. The molecule has 0 spiro atoms. The van der Waals surface area contributed by atoms with Crippen LogP contribution in [0.3, 0.4) is 0 Å². The SMILES string of the molecule is CC1CCC2CC(C(O)(C(F)(F)F)C(F)(F)F)CCC12. The first kappa shape index (κ1) is 15.9. The highest BCUT2D eigenvalue weighted by Crippen LogP contribution is 2.56. The third-order valence-electron chi connectivity index (χ3n) is 5.22. The first-order chi connectivity index (χ1) is 8.98. The van der Waals surface area contributed by atoms with Gasteiger partial charge in [0.1, 0.15) is 0 Å². The van der Waals surface area contributed by atoms with Gasteiger partial charge in [0, 0.05) is 5.92 Å². The Morgan fingerprint density at radius 3 is 1.90 bits per heavy atom. The third-order valence-corrected chi connectivity index (χ3v) is 5.22. The number of aliphatic hydroxyl groups is 1. The van der Waals surface area contributed by atoms with Crippen molar-refractivity contribution in [1.29, 1.82) is 0 Å². The van der Waals surface area contributed by atoms with Crippen molar-refractivity contribution in [3.63, 3.8) is 0 Å². The zero-order chi connectivity index (χ0) is 15.3. The van der Waals surface area contributed by atoms with Gasteiger partial charge in [-0.3, -0.25) is 0 Å². The van der Waals surface area contributed by atoms with Gasteiger partial charge >= 0.3 is 12.4 Å². The van der Waals surface area contributed by atoms with Crippen molar-refractivity contribution in [1.82, 2.24) is 0 Å². The lowest BCUT2D eigenvalue weighted by Gasteiger charge is -2.43. The highest BCUT2D eigenvalue weighted by Gasteiger charge is 2.73. The van der Waals surface area contributed by atoms with Crippen LogP contribution < -0.4 is 0 Å². The maximum absolute atomic E-state index is 12.8. The smallest absolute Gasteiger partial charge is 0.373 e. The van der Waals surface area contributed by atoms with E-state index in [9.17, 15) is 31.4 Å². The predicted molar refractivity (Wildman–Crippen MR) is 59.8 cm³/mol. The van der Waals surface area contributed by atoms with Crippen LogP contribution >= 0.6 is 0 Å². The van der Waals surface area contributed by atoms with E-state index in [1.54, 1.807) is 0 Å². The summed E-state index contributed by atoms with van der Waals surface area (Å²) in [4.78, 5) is 0. The van der Waals surface area contributed by atoms with Crippen LogP contribution in [0.4, 0.5) is 26.3 Å². The zero-order valence-electron chi connectivity index (χ0n) is 11.1. The standard InChI is InChI=1S/C13H18F6O/c1-7-2-3-8-6-9(4-5-10(7)8)11(20,12(14,15)16)13(17,18)19/h7-10,20H,2-6H2,1H3. The molecule has 1 nitrogen and oxygen atoms in total.